The van der Waals surface area contributed by atoms with Crippen molar-refractivity contribution in [3.63, 3.8) is 0 Å². The first kappa shape index (κ1) is 21.4. The number of halogens is 1. The number of hydrogen-bond acceptors (Lipinski definition) is 7. The number of nitrogens with zero attached hydrogens (tertiary/aromatic N) is 3. The molecule has 0 saturated heterocycles. The molecular formula is C19H27BrN4O3. The zero-order valence-corrected chi connectivity index (χ0v) is 18.3. The summed E-state index contributed by atoms with van der Waals surface area (Å²) < 4.78 is 17.4. The highest BCUT2D eigenvalue weighted by Crippen LogP contribution is 2.39. The maximum absolute atomic E-state index is 6.06. The summed E-state index contributed by atoms with van der Waals surface area (Å²) in [6.45, 7) is 8.64. The number of anilines is 1. The molecule has 1 heterocycles. The van der Waals surface area contributed by atoms with E-state index in [0.717, 1.165) is 22.2 Å². The molecule has 1 atom stereocenters. The molecule has 2 rings (SSSR count). The van der Waals surface area contributed by atoms with Crippen molar-refractivity contribution in [3.05, 3.63) is 28.0 Å². The standard InChI is InChI=1S/C19H27BrN4O3/c1-7-13(10-25-5)23-18-21-12(4)22-19(24-18)27-17-15(11(2)3)8-14(26-6)9-16(17)20/h8-9,11,13H,7,10H2,1-6H3,(H,21,22,23,24). The Morgan fingerprint density at radius 2 is 1.89 bits per heavy atom. The van der Waals surface area contributed by atoms with Crippen LogP contribution in [0.1, 0.15) is 44.5 Å². The molecule has 0 fully saturated rings. The second-order valence-corrected chi connectivity index (χ2v) is 7.33. The van der Waals surface area contributed by atoms with E-state index in [4.69, 9.17) is 14.2 Å². The lowest BCUT2D eigenvalue weighted by Gasteiger charge is -2.18. The molecule has 27 heavy (non-hydrogen) atoms. The summed E-state index contributed by atoms with van der Waals surface area (Å²) >= 11 is 3.57. The van der Waals surface area contributed by atoms with Gasteiger partial charge in [0.2, 0.25) is 5.95 Å². The quantitative estimate of drug-likeness (QED) is 0.607. The van der Waals surface area contributed by atoms with Gasteiger partial charge in [0.05, 0.1) is 24.2 Å². The molecule has 148 valence electrons. The van der Waals surface area contributed by atoms with Gasteiger partial charge in [-0.2, -0.15) is 15.0 Å². The molecule has 0 aliphatic carbocycles. The van der Waals surface area contributed by atoms with Crippen molar-refractivity contribution < 1.29 is 14.2 Å². The summed E-state index contributed by atoms with van der Waals surface area (Å²) in [5.74, 6) is 2.71. The third-order valence-corrected chi connectivity index (χ3v) is 4.61. The zero-order chi connectivity index (χ0) is 20.0. The summed E-state index contributed by atoms with van der Waals surface area (Å²) in [6.07, 6.45) is 0.885. The first-order chi connectivity index (χ1) is 12.9. The number of rotatable bonds is 9. The van der Waals surface area contributed by atoms with Crippen LogP contribution in [-0.2, 0) is 4.74 Å². The molecule has 7 nitrogen and oxygen atoms in total. The van der Waals surface area contributed by atoms with Crippen LogP contribution in [0.3, 0.4) is 0 Å². The Labute approximate surface area is 169 Å². The van der Waals surface area contributed by atoms with Gasteiger partial charge in [0.25, 0.3) is 0 Å². The minimum absolute atomic E-state index is 0.114. The van der Waals surface area contributed by atoms with Crippen LogP contribution in [-0.4, -0.2) is 41.8 Å². The molecule has 1 unspecified atom stereocenters. The van der Waals surface area contributed by atoms with Crippen LogP contribution in [0.15, 0.2) is 16.6 Å². The summed E-state index contributed by atoms with van der Waals surface area (Å²) in [7, 11) is 3.32. The average molecular weight is 439 g/mol. The fourth-order valence-corrected chi connectivity index (χ4v) is 3.08. The molecule has 0 amide bonds. The third kappa shape index (κ3) is 5.77. The molecule has 2 aromatic rings. The Hall–Kier alpha value is -1.93. The number of ether oxygens (including phenoxy) is 3. The highest BCUT2D eigenvalue weighted by atomic mass is 79.9. The highest BCUT2D eigenvalue weighted by molar-refractivity contribution is 9.10. The minimum Gasteiger partial charge on any atom is -0.497 e. The van der Waals surface area contributed by atoms with E-state index in [9.17, 15) is 0 Å². The topological polar surface area (TPSA) is 78.4 Å². The van der Waals surface area contributed by atoms with Crippen LogP contribution in [0.25, 0.3) is 0 Å². The predicted octanol–water partition coefficient (Wildman–Crippen LogP) is 4.70. The molecule has 1 N–H and O–H groups in total. The van der Waals surface area contributed by atoms with Gasteiger partial charge in [-0.25, -0.2) is 0 Å². The van der Waals surface area contributed by atoms with Gasteiger partial charge in [-0.1, -0.05) is 20.8 Å². The van der Waals surface area contributed by atoms with E-state index in [1.165, 1.54) is 0 Å². The van der Waals surface area contributed by atoms with E-state index in [2.05, 4.69) is 57.0 Å². The van der Waals surface area contributed by atoms with Crippen LogP contribution >= 0.6 is 15.9 Å². The monoisotopic (exact) mass is 438 g/mol. The van der Waals surface area contributed by atoms with Crippen molar-refractivity contribution in [3.8, 4) is 17.5 Å². The molecule has 0 saturated carbocycles. The van der Waals surface area contributed by atoms with Gasteiger partial charge in [-0.15, -0.1) is 0 Å². The SMILES string of the molecule is CCC(COC)Nc1nc(C)nc(Oc2c(Br)cc(OC)cc2C(C)C)n1. The fraction of sp³-hybridized carbons (Fsp3) is 0.526. The molecule has 0 radical (unpaired) electrons. The third-order valence-electron chi connectivity index (χ3n) is 4.02. The summed E-state index contributed by atoms with van der Waals surface area (Å²) in [5.41, 5.74) is 1.000. The Balaban J connectivity index is 2.35. The molecule has 0 aliphatic rings. The molecule has 0 spiro atoms. The molecule has 8 heteroatoms. The average Bonchev–Trinajstić information content (AvgIpc) is 2.62. The van der Waals surface area contributed by atoms with E-state index in [0.29, 0.717) is 24.1 Å². The first-order valence-corrected chi connectivity index (χ1v) is 9.70. The number of aromatic nitrogens is 3. The largest absolute Gasteiger partial charge is 0.497 e. The molecule has 0 aliphatic heterocycles. The van der Waals surface area contributed by atoms with Crippen molar-refractivity contribution in [1.29, 1.82) is 0 Å². The Morgan fingerprint density at radius 3 is 2.48 bits per heavy atom. The van der Waals surface area contributed by atoms with E-state index < -0.39 is 0 Å². The number of methoxy groups -OCH3 is 2. The highest BCUT2D eigenvalue weighted by Gasteiger charge is 2.18. The van der Waals surface area contributed by atoms with Crippen LogP contribution in [0.2, 0.25) is 0 Å². The van der Waals surface area contributed by atoms with E-state index >= 15 is 0 Å². The van der Waals surface area contributed by atoms with Crippen molar-refractivity contribution in [1.82, 2.24) is 15.0 Å². The van der Waals surface area contributed by atoms with Crippen molar-refractivity contribution in [2.45, 2.75) is 46.1 Å². The van der Waals surface area contributed by atoms with Crippen molar-refractivity contribution >= 4 is 21.9 Å². The van der Waals surface area contributed by atoms with E-state index in [-0.39, 0.29) is 18.0 Å². The van der Waals surface area contributed by atoms with Gasteiger partial charge >= 0.3 is 6.01 Å². The fourth-order valence-electron chi connectivity index (χ4n) is 2.55. The van der Waals surface area contributed by atoms with E-state index in [1.807, 2.05) is 19.1 Å². The molecular weight excluding hydrogens is 412 g/mol. The molecule has 1 aromatic carbocycles. The lowest BCUT2D eigenvalue weighted by Crippen LogP contribution is -2.25. The summed E-state index contributed by atoms with van der Waals surface area (Å²) in [5, 5.41) is 3.27. The summed E-state index contributed by atoms with van der Waals surface area (Å²) in [4.78, 5) is 13.1. The number of aryl methyl sites for hydroxylation is 1. The summed E-state index contributed by atoms with van der Waals surface area (Å²) in [6, 6.07) is 4.18. The molecule has 0 bridgehead atoms. The minimum atomic E-state index is 0.114. The van der Waals surface area contributed by atoms with Crippen LogP contribution in [0.5, 0.6) is 17.5 Å². The lowest BCUT2D eigenvalue weighted by atomic mass is 10.0. The van der Waals surface area contributed by atoms with Crippen LogP contribution < -0.4 is 14.8 Å². The van der Waals surface area contributed by atoms with Gasteiger partial charge in [-0.3, -0.25) is 0 Å². The normalized spacial score (nSPS) is 12.1. The number of benzene rings is 1. The van der Waals surface area contributed by atoms with Gasteiger partial charge in [0, 0.05) is 12.7 Å². The maximum atomic E-state index is 6.06. The van der Waals surface area contributed by atoms with Crippen LogP contribution in [0, 0.1) is 6.92 Å². The maximum Gasteiger partial charge on any atom is 0.327 e. The number of hydrogen-bond donors (Lipinski definition) is 1. The van der Waals surface area contributed by atoms with Gasteiger partial charge in [0.15, 0.2) is 0 Å². The van der Waals surface area contributed by atoms with Gasteiger partial charge in [-0.05, 0) is 47.3 Å². The lowest BCUT2D eigenvalue weighted by molar-refractivity contribution is 0.184. The van der Waals surface area contributed by atoms with Crippen LogP contribution in [0.4, 0.5) is 5.95 Å². The van der Waals surface area contributed by atoms with Crippen molar-refractivity contribution in [2.75, 3.05) is 26.1 Å². The van der Waals surface area contributed by atoms with E-state index in [1.54, 1.807) is 14.2 Å². The van der Waals surface area contributed by atoms with Gasteiger partial charge in [0.1, 0.15) is 17.3 Å². The second-order valence-electron chi connectivity index (χ2n) is 6.48. The first-order valence-electron chi connectivity index (χ1n) is 8.91. The Morgan fingerprint density at radius 1 is 1.15 bits per heavy atom. The van der Waals surface area contributed by atoms with Crippen molar-refractivity contribution in [2.24, 2.45) is 0 Å². The predicted molar refractivity (Wildman–Crippen MR) is 109 cm³/mol. The Kier molecular flexibility index (Phi) is 7.79. The zero-order valence-electron chi connectivity index (χ0n) is 16.7. The Bertz CT molecular complexity index is 771. The smallest absolute Gasteiger partial charge is 0.327 e. The molecule has 1 aromatic heterocycles. The van der Waals surface area contributed by atoms with Gasteiger partial charge < -0.3 is 19.5 Å². The second kappa shape index (κ2) is 9.85. The number of nitrogens with one attached hydrogen (secondary N) is 1.